The number of hydrogen-bond donors (Lipinski definition) is 0. The second-order valence-corrected chi connectivity index (χ2v) is 8.48. The number of para-hydroxylation sites is 1. The molecule has 0 N–H and O–H groups in total. The van der Waals surface area contributed by atoms with Gasteiger partial charge in [0.05, 0.1) is 4.91 Å². The fourth-order valence-corrected chi connectivity index (χ4v) is 4.72. The average Bonchev–Trinajstić information content (AvgIpc) is 3.17. The highest BCUT2D eigenvalue weighted by molar-refractivity contribution is 8.26. The first kappa shape index (κ1) is 19.0. The molecule has 2 aromatic carbocycles. The van der Waals surface area contributed by atoms with Crippen LogP contribution < -0.4 is 0 Å². The van der Waals surface area contributed by atoms with Crippen LogP contribution in [0.25, 0.3) is 17.0 Å². The van der Waals surface area contributed by atoms with Crippen LogP contribution >= 0.6 is 35.6 Å². The third-order valence-electron chi connectivity index (χ3n) is 4.59. The van der Waals surface area contributed by atoms with E-state index < -0.39 is 0 Å². The van der Waals surface area contributed by atoms with Gasteiger partial charge in [-0.1, -0.05) is 78.1 Å². The molecule has 6 heteroatoms. The van der Waals surface area contributed by atoms with E-state index in [0.29, 0.717) is 22.3 Å². The van der Waals surface area contributed by atoms with Gasteiger partial charge in [0.15, 0.2) is 0 Å². The third-order valence-corrected chi connectivity index (χ3v) is 6.34. The van der Waals surface area contributed by atoms with Gasteiger partial charge in [-0.3, -0.25) is 9.69 Å². The molecule has 1 aromatic heterocycles. The summed E-state index contributed by atoms with van der Waals surface area (Å²) in [6.07, 6.45) is 5.67. The van der Waals surface area contributed by atoms with Crippen molar-refractivity contribution in [3.05, 3.63) is 88.4 Å². The van der Waals surface area contributed by atoms with E-state index in [1.54, 1.807) is 11.0 Å². The molecule has 3 aromatic rings. The highest BCUT2D eigenvalue weighted by Gasteiger charge is 2.31. The predicted molar refractivity (Wildman–Crippen MR) is 123 cm³/mol. The van der Waals surface area contributed by atoms with Gasteiger partial charge >= 0.3 is 0 Å². The summed E-state index contributed by atoms with van der Waals surface area (Å²) < 4.78 is 2.73. The molecule has 1 saturated heterocycles. The van der Waals surface area contributed by atoms with E-state index in [0.717, 1.165) is 27.1 Å². The quantitative estimate of drug-likeness (QED) is 0.297. The lowest BCUT2D eigenvalue weighted by atomic mass is 10.1. The molecule has 0 radical (unpaired) electrons. The molecule has 1 fully saturated rings. The van der Waals surface area contributed by atoms with Crippen LogP contribution in [0.1, 0.15) is 11.1 Å². The number of carbonyl (C=O) groups excluding carboxylic acids is 1. The van der Waals surface area contributed by atoms with E-state index in [2.05, 4.69) is 29.5 Å². The Morgan fingerprint density at radius 2 is 1.89 bits per heavy atom. The van der Waals surface area contributed by atoms with Crippen LogP contribution in [-0.2, 0) is 11.3 Å². The topological polar surface area (TPSA) is 25.2 Å². The minimum atomic E-state index is -0.0714. The monoisotopic (exact) mass is 424 g/mol. The smallest absolute Gasteiger partial charge is 0.266 e. The molecule has 1 aliphatic heterocycles. The Labute approximate surface area is 178 Å². The molecule has 0 aliphatic carbocycles. The van der Waals surface area contributed by atoms with Crippen LogP contribution in [0.5, 0.6) is 0 Å². The Hall–Kier alpha value is -2.34. The van der Waals surface area contributed by atoms with Gasteiger partial charge in [-0.15, -0.1) is 6.58 Å². The number of thioether (sulfide) groups is 1. The zero-order chi connectivity index (χ0) is 19.7. The molecule has 0 unspecified atom stereocenters. The second-order valence-electron chi connectivity index (χ2n) is 6.40. The largest absolute Gasteiger partial charge is 0.342 e. The molecule has 140 valence electrons. The minimum Gasteiger partial charge on any atom is -0.342 e. The van der Waals surface area contributed by atoms with Crippen LogP contribution in [0, 0.1) is 0 Å². The number of aromatic nitrogens is 1. The Balaban J connectivity index is 1.75. The molecule has 0 bridgehead atoms. The second kappa shape index (κ2) is 7.95. The van der Waals surface area contributed by atoms with Gasteiger partial charge in [-0.2, -0.15) is 0 Å². The molecule has 1 aliphatic rings. The first-order valence-corrected chi connectivity index (χ1v) is 10.4. The zero-order valence-electron chi connectivity index (χ0n) is 15.0. The molecule has 1 amide bonds. The SMILES string of the molecule is C=CCN1C(=O)/C(=C\c2cn(Cc3ccccc3Cl)c3ccccc23)SC1=S. The molecule has 0 saturated carbocycles. The first-order valence-electron chi connectivity index (χ1n) is 8.76. The predicted octanol–water partition coefficient (Wildman–Crippen LogP) is 5.73. The van der Waals surface area contributed by atoms with Gasteiger partial charge in [0, 0.05) is 40.8 Å². The van der Waals surface area contributed by atoms with E-state index in [-0.39, 0.29) is 5.91 Å². The number of benzene rings is 2. The summed E-state index contributed by atoms with van der Waals surface area (Å²) in [6.45, 7) is 4.78. The van der Waals surface area contributed by atoms with E-state index in [1.165, 1.54) is 11.8 Å². The van der Waals surface area contributed by atoms with Crippen molar-refractivity contribution in [3.63, 3.8) is 0 Å². The van der Waals surface area contributed by atoms with Crippen LogP contribution in [0.3, 0.4) is 0 Å². The van der Waals surface area contributed by atoms with Crippen molar-refractivity contribution in [2.24, 2.45) is 0 Å². The van der Waals surface area contributed by atoms with Gasteiger partial charge in [-0.25, -0.2) is 0 Å². The minimum absolute atomic E-state index is 0.0714. The van der Waals surface area contributed by atoms with E-state index in [1.807, 2.05) is 42.5 Å². The van der Waals surface area contributed by atoms with Crippen molar-refractivity contribution in [1.29, 1.82) is 0 Å². The van der Waals surface area contributed by atoms with E-state index in [9.17, 15) is 4.79 Å². The van der Waals surface area contributed by atoms with Gasteiger partial charge < -0.3 is 4.57 Å². The summed E-state index contributed by atoms with van der Waals surface area (Å²) in [5.74, 6) is -0.0714. The summed E-state index contributed by atoms with van der Waals surface area (Å²) >= 11 is 13.0. The molecular weight excluding hydrogens is 408 g/mol. The molecule has 0 spiro atoms. The molecule has 3 nitrogen and oxygen atoms in total. The van der Waals surface area contributed by atoms with Crippen LogP contribution in [0.2, 0.25) is 5.02 Å². The fourth-order valence-electron chi connectivity index (χ4n) is 3.26. The average molecular weight is 425 g/mol. The molecular formula is C22H17ClN2OS2. The normalized spacial score (nSPS) is 15.8. The molecule has 4 rings (SSSR count). The van der Waals surface area contributed by atoms with Crippen molar-refractivity contribution in [1.82, 2.24) is 9.47 Å². The Morgan fingerprint density at radius 1 is 1.14 bits per heavy atom. The van der Waals surface area contributed by atoms with Crippen LogP contribution in [-0.4, -0.2) is 26.2 Å². The number of hydrogen-bond acceptors (Lipinski definition) is 3. The molecule has 2 heterocycles. The molecule has 0 atom stereocenters. The Kier molecular flexibility index (Phi) is 5.40. The summed E-state index contributed by atoms with van der Waals surface area (Å²) in [5.41, 5.74) is 3.13. The molecule has 28 heavy (non-hydrogen) atoms. The third kappa shape index (κ3) is 3.53. The van der Waals surface area contributed by atoms with Crippen LogP contribution in [0.15, 0.2) is 72.3 Å². The number of rotatable bonds is 5. The van der Waals surface area contributed by atoms with E-state index in [4.69, 9.17) is 23.8 Å². The van der Waals surface area contributed by atoms with Crippen molar-refractivity contribution >= 4 is 62.8 Å². The van der Waals surface area contributed by atoms with Gasteiger partial charge in [0.1, 0.15) is 4.32 Å². The van der Waals surface area contributed by atoms with Gasteiger partial charge in [-0.05, 0) is 23.8 Å². The lowest BCUT2D eigenvalue weighted by Gasteiger charge is -2.10. The van der Waals surface area contributed by atoms with Gasteiger partial charge in [0.2, 0.25) is 0 Å². The maximum absolute atomic E-state index is 12.7. The lowest BCUT2D eigenvalue weighted by molar-refractivity contribution is -0.121. The van der Waals surface area contributed by atoms with Crippen molar-refractivity contribution in [2.75, 3.05) is 6.54 Å². The number of halogens is 1. The highest BCUT2D eigenvalue weighted by atomic mass is 35.5. The standard InChI is InChI=1S/C22H17ClN2OS2/c1-2-11-25-21(26)20(28-22(25)27)12-16-14-24(19-10-6-4-8-17(16)19)13-15-7-3-5-9-18(15)23/h2-10,12,14H,1,11,13H2/b20-12+. The summed E-state index contributed by atoms with van der Waals surface area (Å²) in [4.78, 5) is 14.9. The van der Waals surface area contributed by atoms with Crippen LogP contribution in [0.4, 0.5) is 0 Å². The lowest BCUT2D eigenvalue weighted by Crippen LogP contribution is -2.27. The van der Waals surface area contributed by atoms with Gasteiger partial charge in [0.25, 0.3) is 5.91 Å². The maximum atomic E-state index is 12.7. The van der Waals surface area contributed by atoms with Crippen molar-refractivity contribution in [3.8, 4) is 0 Å². The van der Waals surface area contributed by atoms with Crippen molar-refractivity contribution < 1.29 is 4.79 Å². The zero-order valence-corrected chi connectivity index (χ0v) is 17.4. The van der Waals surface area contributed by atoms with Crippen molar-refractivity contribution in [2.45, 2.75) is 6.54 Å². The maximum Gasteiger partial charge on any atom is 0.266 e. The number of fused-ring (bicyclic) bond motifs is 1. The summed E-state index contributed by atoms with van der Waals surface area (Å²) in [7, 11) is 0. The summed E-state index contributed by atoms with van der Waals surface area (Å²) in [6, 6.07) is 16.0. The Morgan fingerprint density at radius 3 is 2.68 bits per heavy atom. The number of thiocarbonyl (C=S) groups is 1. The van der Waals surface area contributed by atoms with E-state index >= 15 is 0 Å². The summed E-state index contributed by atoms with van der Waals surface area (Å²) in [5, 5.41) is 1.83. The Bertz CT molecular complexity index is 1130. The fraction of sp³-hybridized carbons (Fsp3) is 0.0909. The number of carbonyl (C=O) groups is 1. The highest BCUT2D eigenvalue weighted by Crippen LogP contribution is 2.34. The number of amides is 1. The first-order chi connectivity index (χ1) is 13.6. The number of nitrogens with zero attached hydrogens (tertiary/aromatic N) is 2.